The van der Waals surface area contributed by atoms with Crippen molar-refractivity contribution >= 4 is 0 Å². The van der Waals surface area contributed by atoms with E-state index in [0.29, 0.717) is 0 Å². The Morgan fingerprint density at radius 2 is 0.778 bits per heavy atom. The van der Waals surface area contributed by atoms with Crippen molar-refractivity contribution in [1.82, 2.24) is 0 Å². The zero-order valence-corrected chi connectivity index (χ0v) is 15.7. The van der Waals surface area contributed by atoms with Crippen molar-refractivity contribution in [3.63, 3.8) is 0 Å². The molecule has 5 heteroatoms. The van der Waals surface area contributed by atoms with E-state index in [0.717, 1.165) is 0 Å². The first-order chi connectivity index (χ1) is 7.76. The molecular weight excluding hydrogens is 311 g/mol. The van der Waals surface area contributed by atoms with Gasteiger partial charge in [0.2, 0.25) is 0 Å². The Hall–Kier alpha value is 0.420. The van der Waals surface area contributed by atoms with Crippen LogP contribution in [0, 0.1) is 0 Å². The molecule has 0 aliphatic heterocycles. The standard InChI is InChI=1S/C4H9N.3C3H8O.Nb/c1-4(2,3)5;3*1-3(2)4;/h1-3H3;3*3-4H,1-2H3;. The third kappa shape index (κ3) is 334. The van der Waals surface area contributed by atoms with Gasteiger partial charge in [0.1, 0.15) is 0 Å². The van der Waals surface area contributed by atoms with Gasteiger partial charge in [-0.05, 0) is 41.5 Å². The van der Waals surface area contributed by atoms with Crippen LogP contribution in [-0.2, 0) is 20.9 Å². The van der Waals surface area contributed by atoms with Gasteiger partial charge in [-0.3, -0.25) is 0 Å². The van der Waals surface area contributed by atoms with Gasteiger partial charge >= 0.3 is 50.5 Å². The van der Waals surface area contributed by atoms with Crippen molar-refractivity contribution in [1.29, 1.82) is 0 Å². The predicted octanol–water partition coefficient (Wildman–Crippen LogP) is 2.68. The van der Waals surface area contributed by atoms with Crippen LogP contribution in [0.4, 0.5) is 0 Å². The monoisotopic (exact) mass is 344 g/mol. The number of hydrogen-bond donors (Lipinski definition) is 3. The SMILES string of the molecule is CC(C)(C)[N]=[Nb].CC(C)O.CC(C)O.CC(C)O. The molecule has 0 aromatic rings. The summed E-state index contributed by atoms with van der Waals surface area (Å²) in [5, 5.41) is 24.2. The molecular formula is C13H33NNbO3. The first-order valence-corrected chi connectivity index (χ1v) is 7.15. The molecule has 113 valence electrons. The second kappa shape index (κ2) is 17.4. The van der Waals surface area contributed by atoms with Gasteiger partial charge in [-0.1, -0.05) is 0 Å². The molecule has 0 spiro atoms. The van der Waals surface area contributed by atoms with E-state index < -0.39 is 0 Å². The third-order valence-electron chi connectivity index (χ3n) is 0.300. The first-order valence-electron chi connectivity index (χ1n) is 6.16. The Morgan fingerprint density at radius 3 is 0.778 bits per heavy atom. The normalized spacial score (nSPS) is 9.67. The molecule has 0 saturated heterocycles. The third-order valence-corrected chi connectivity index (χ3v) is 1.77. The molecule has 18 heavy (non-hydrogen) atoms. The maximum atomic E-state index is 8.06. The van der Waals surface area contributed by atoms with Crippen molar-refractivity contribution in [2.45, 2.75) is 86.2 Å². The van der Waals surface area contributed by atoms with Crippen LogP contribution in [-0.4, -0.2) is 39.2 Å². The molecule has 0 aliphatic carbocycles. The van der Waals surface area contributed by atoms with Gasteiger partial charge < -0.3 is 15.3 Å². The van der Waals surface area contributed by atoms with Gasteiger partial charge in [-0.25, -0.2) is 0 Å². The molecule has 0 atom stereocenters. The van der Waals surface area contributed by atoms with E-state index in [2.05, 4.69) is 24.1 Å². The van der Waals surface area contributed by atoms with Crippen molar-refractivity contribution < 1.29 is 36.2 Å². The Kier molecular flexibility index (Phi) is 26.0. The Labute approximate surface area is 126 Å². The summed E-state index contributed by atoms with van der Waals surface area (Å²) in [6.45, 7) is 16.6. The summed E-state index contributed by atoms with van der Waals surface area (Å²) in [6.07, 6.45) is -0.500. The summed E-state index contributed by atoms with van der Waals surface area (Å²) in [7, 11) is 0. The summed E-state index contributed by atoms with van der Waals surface area (Å²) in [5.74, 6) is 0. The zero-order chi connectivity index (χ0) is 15.9. The van der Waals surface area contributed by atoms with Crippen LogP contribution in [0.15, 0.2) is 3.34 Å². The Balaban J connectivity index is -0.0000000742. The van der Waals surface area contributed by atoms with Crippen LogP contribution in [0.2, 0.25) is 0 Å². The van der Waals surface area contributed by atoms with Gasteiger partial charge in [0.25, 0.3) is 0 Å². The molecule has 0 amide bonds. The molecule has 0 unspecified atom stereocenters. The largest absolute Gasteiger partial charge is 0.394 e. The van der Waals surface area contributed by atoms with E-state index in [4.69, 9.17) is 15.3 Å². The maximum Gasteiger partial charge on any atom is 0.0483 e. The average Bonchev–Trinajstić information content (AvgIpc) is 1.99. The van der Waals surface area contributed by atoms with E-state index >= 15 is 0 Å². The molecule has 0 rings (SSSR count). The first kappa shape index (κ1) is 26.9. The second-order valence-corrected chi connectivity index (χ2v) is 6.04. The fourth-order valence-corrected chi connectivity index (χ4v) is 0. The van der Waals surface area contributed by atoms with Gasteiger partial charge in [0, 0.05) is 18.3 Å². The fraction of sp³-hybridized carbons (Fsp3) is 1.00. The van der Waals surface area contributed by atoms with E-state index in [-0.39, 0.29) is 23.9 Å². The molecule has 3 N–H and O–H groups in total. The van der Waals surface area contributed by atoms with Crippen LogP contribution in [0.3, 0.4) is 0 Å². The molecule has 0 aromatic heterocycles. The van der Waals surface area contributed by atoms with Gasteiger partial charge in [0.05, 0.1) is 0 Å². The quantitative estimate of drug-likeness (QED) is 0.592. The minimum absolute atomic E-state index is 0.167. The summed E-state index contributed by atoms with van der Waals surface area (Å²) in [6, 6.07) is 0. The van der Waals surface area contributed by atoms with Crippen molar-refractivity contribution in [3.05, 3.63) is 0 Å². The van der Waals surface area contributed by atoms with Crippen LogP contribution < -0.4 is 0 Å². The minimum Gasteiger partial charge on any atom is -0.394 e. The smallest absolute Gasteiger partial charge is 0.0483 e. The summed E-state index contributed by atoms with van der Waals surface area (Å²) >= 11 is 1.52. The zero-order valence-electron chi connectivity index (χ0n) is 13.5. The Morgan fingerprint density at radius 1 is 0.722 bits per heavy atom. The molecule has 0 heterocycles. The van der Waals surface area contributed by atoms with Crippen molar-refractivity contribution in [3.8, 4) is 0 Å². The predicted molar refractivity (Wildman–Crippen MR) is 74.2 cm³/mol. The van der Waals surface area contributed by atoms with Crippen molar-refractivity contribution in [2.75, 3.05) is 0 Å². The molecule has 0 aromatic carbocycles. The van der Waals surface area contributed by atoms with Crippen LogP contribution >= 0.6 is 0 Å². The van der Waals surface area contributed by atoms with Crippen LogP contribution in [0.1, 0.15) is 62.3 Å². The van der Waals surface area contributed by atoms with Gasteiger partial charge in [-0.15, -0.1) is 0 Å². The van der Waals surface area contributed by atoms with E-state index in [1.54, 1.807) is 41.5 Å². The topological polar surface area (TPSA) is 73.1 Å². The minimum atomic E-state index is -0.167. The number of aliphatic hydroxyl groups is 3. The second-order valence-electron chi connectivity index (χ2n) is 5.55. The van der Waals surface area contributed by atoms with Gasteiger partial charge in [-0.2, -0.15) is 0 Å². The number of rotatable bonds is 0. The van der Waals surface area contributed by atoms with Crippen LogP contribution in [0.25, 0.3) is 0 Å². The van der Waals surface area contributed by atoms with E-state index in [1.165, 1.54) is 20.9 Å². The summed E-state index contributed by atoms with van der Waals surface area (Å²) < 4.78 is 4.07. The van der Waals surface area contributed by atoms with Crippen LogP contribution in [0.5, 0.6) is 0 Å². The van der Waals surface area contributed by atoms with Gasteiger partial charge in [0.15, 0.2) is 0 Å². The number of aliphatic hydroxyl groups excluding tert-OH is 3. The van der Waals surface area contributed by atoms with E-state index in [9.17, 15) is 0 Å². The fourth-order valence-electron chi connectivity index (χ4n) is 0. The van der Waals surface area contributed by atoms with Crippen molar-refractivity contribution in [2.24, 2.45) is 3.34 Å². The molecule has 0 saturated carbocycles. The molecule has 4 nitrogen and oxygen atoms in total. The van der Waals surface area contributed by atoms with E-state index in [1.807, 2.05) is 0 Å². The molecule has 0 fully saturated rings. The maximum absolute atomic E-state index is 8.06. The molecule has 0 bridgehead atoms. The number of hydrogen-bond acceptors (Lipinski definition) is 4. The molecule has 0 radical (unpaired) electrons. The molecule has 0 aliphatic rings. The summed E-state index contributed by atoms with van der Waals surface area (Å²) in [5.41, 5.74) is 0.189. The Bertz CT molecular complexity index is 132. The number of nitrogens with zero attached hydrogens (tertiary/aromatic N) is 1. The average molecular weight is 344 g/mol. The summed E-state index contributed by atoms with van der Waals surface area (Å²) in [4.78, 5) is 0.